The summed E-state index contributed by atoms with van der Waals surface area (Å²) in [6.45, 7) is 1.93. The molecule has 0 radical (unpaired) electrons. The van der Waals surface area contributed by atoms with Crippen LogP contribution in [-0.4, -0.2) is 5.91 Å². The van der Waals surface area contributed by atoms with Gasteiger partial charge in [0.15, 0.2) is 0 Å². The molecule has 1 aromatic rings. The molecule has 0 atom stereocenters. The largest absolute Gasteiger partial charge is 0.398 e. The third kappa shape index (κ3) is 2.99. The standard InChI is InChI=1S/C14H20N2O/c1-10-12(15)7-4-8-13(10)16-14(17)9-11-5-2-3-6-11/h4,7-8,11H,2-3,5-6,9,15H2,1H3,(H,16,17). The van der Waals surface area contributed by atoms with Crippen LogP contribution >= 0.6 is 0 Å². The van der Waals surface area contributed by atoms with Crippen molar-refractivity contribution in [3.63, 3.8) is 0 Å². The van der Waals surface area contributed by atoms with Gasteiger partial charge in [-0.15, -0.1) is 0 Å². The fraction of sp³-hybridized carbons (Fsp3) is 0.500. The second kappa shape index (κ2) is 5.21. The van der Waals surface area contributed by atoms with E-state index in [0.717, 1.165) is 16.9 Å². The zero-order chi connectivity index (χ0) is 12.3. The SMILES string of the molecule is Cc1c(N)cccc1NC(=O)CC1CCCC1. The Morgan fingerprint density at radius 1 is 1.41 bits per heavy atom. The number of amides is 1. The zero-order valence-electron chi connectivity index (χ0n) is 10.3. The predicted molar refractivity (Wildman–Crippen MR) is 70.8 cm³/mol. The number of nitrogen functional groups attached to an aromatic ring is 1. The Morgan fingerprint density at radius 2 is 2.12 bits per heavy atom. The van der Waals surface area contributed by atoms with Gasteiger partial charge in [-0.25, -0.2) is 0 Å². The minimum Gasteiger partial charge on any atom is -0.398 e. The first-order valence-electron chi connectivity index (χ1n) is 6.32. The second-order valence-corrected chi connectivity index (χ2v) is 4.92. The van der Waals surface area contributed by atoms with Crippen LogP contribution in [-0.2, 0) is 4.79 Å². The van der Waals surface area contributed by atoms with Crippen molar-refractivity contribution in [3.8, 4) is 0 Å². The van der Waals surface area contributed by atoms with E-state index in [-0.39, 0.29) is 5.91 Å². The fourth-order valence-electron chi connectivity index (χ4n) is 2.47. The maximum absolute atomic E-state index is 11.9. The summed E-state index contributed by atoms with van der Waals surface area (Å²) in [6, 6.07) is 5.62. The number of anilines is 2. The van der Waals surface area contributed by atoms with Gasteiger partial charge in [0.1, 0.15) is 0 Å². The monoisotopic (exact) mass is 232 g/mol. The van der Waals surface area contributed by atoms with Gasteiger partial charge in [0.05, 0.1) is 0 Å². The third-order valence-corrected chi connectivity index (χ3v) is 3.60. The highest BCUT2D eigenvalue weighted by Gasteiger charge is 2.18. The van der Waals surface area contributed by atoms with Crippen molar-refractivity contribution in [2.45, 2.75) is 39.0 Å². The molecule has 1 aliphatic carbocycles. The van der Waals surface area contributed by atoms with Gasteiger partial charge >= 0.3 is 0 Å². The van der Waals surface area contributed by atoms with Crippen LogP contribution in [0.2, 0.25) is 0 Å². The van der Waals surface area contributed by atoms with Crippen LogP contribution in [0.5, 0.6) is 0 Å². The zero-order valence-corrected chi connectivity index (χ0v) is 10.3. The molecule has 0 heterocycles. The van der Waals surface area contributed by atoms with E-state index in [9.17, 15) is 4.79 Å². The third-order valence-electron chi connectivity index (χ3n) is 3.60. The maximum atomic E-state index is 11.9. The molecule has 17 heavy (non-hydrogen) atoms. The normalized spacial score (nSPS) is 16.1. The molecule has 92 valence electrons. The van der Waals surface area contributed by atoms with Gasteiger partial charge < -0.3 is 11.1 Å². The van der Waals surface area contributed by atoms with Gasteiger partial charge in [0.2, 0.25) is 5.91 Å². The van der Waals surface area contributed by atoms with Crippen molar-refractivity contribution in [2.75, 3.05) is 11.1 Å². The molecule has 0 aromatic heterocycles. The van der Waals surface area contributed by atoms with Crippen LogP contribution in [0.1, 0.15) is 37.7 Å². The minimum absolute atomic E-state index is 0.116. The number of nitrogens with one attached hydrogen (secondary N) is 1. The van der Waals surface area contributed by atoms with E-state index >= 15 is 0 Å². The number of rotatable bonds is 3. The molecule has 0 spiro atoms. The Morgan fingerprint density at radius 3 is 2.82 bits per heavy atom. The first kappa shape index (κ1) is 12.0. The van der Waals surface area contributed by atoms with E-state index in [0.29, 0.717) is 12.3 Å². The number of carbonyl (C=O) groups excluding carboxylic acids is 1. The molecular weight excluding hydrogens is 212 g/mol. The van der Waals surface area contributed by atoms with Gasteiger partial charge in [-0.05, 0) is 43.4 Å². The summed E-state index contributed by atoms with van der Waals surface area (Å²) in [4.78, 5) is 11.9. The maximum Gasteiger partial charge on any atom is 0.224 e. The summed E-state index contributed by atoms with van der Waals surface area (Å²) in [5, 5.41) is 2.96. The van der Waals surface area contributed by atoms with E-state index in [2.05, 4.69) is 5.32 Å². The second-order valence-electron chi connectivity index (χ2n) is 4.92. The molecular formula is C14H20N2O. The number of hydrogen-bond acceptors (Lipinski definition) is 2. The average molecular weight is 232 g/mol. The Hall–Kier alpha value is -1.51. The van der Waals surface area contributed by atoms with Crippen LogP contribution in [0.3, 0.4) is 0 Å². The lowest BCUT2D eigenvalue weighted by Gasteiger charge is -2.12. The number of benzene rings is 1. The summed E-state index contributed by atoms with van der Waals surface area (Å²) < 4.78 is 0. The fourth-order valence-corrected chi connectivity index (χ4v) is 2.47. The van der Waals surface area contributed by atoms with Gasteiger partial charge in [-0.1, -0.05) is 18.9 Å². The highest BCUT2D eigenvalue weighted by Crippen LogP contribution is 2.28. The first-order chi connectivity index (χ1) is 8.16. The quantitative estimate of drug-likeness (QED) is 0.787. The Balaban J connectivity index is 1.95. The van der Waals surface area contributed by atoms with E-state index in [1.807, 2.05) is 25.1 Å². The summed E-state index contributed by atoms with van der Waals surface area (Å²) in [5.74, 6) is 0.696. The molecule has 0 saturated heterocycles. The smallest absolute Gasteiger partial charge is 0.224 e. The molecule has 0 bridgehead atoms. The summed E-state index contributed by atoms with van der Waals surface area (Å²) in [6.07, 6.45) is 5.59. The molecule has 1 saturated carbocycles. The predicted octanol–water partition coefficient (Wildman–Crippen LogP) is 3.10. The van der Waals surface area contributed by atoms with Gasteiger partial charge in [0.25, 0.3) is 0 Å². The molecule has 3 nitrogen and oxygen atoms in total. The molecule has 0 aliphatic heterocycles. The van der Waals surface area contributed by atoms with Gasteiger partial charge in [0, 0.05) is 17.8 Å². The van der Waals surface area contributed by atoms with Crippen LogP contribution in [0.4, 0.5) is 11.4 Å². The van der Waals surface area contributed by atoms with Crippen molar-refractivity contribution in [1.82, 2.24) is 0 Å². The molecule has 3 N–H and O–H groups in total. The lowest BCUT2D eigenvalue weighted by atomic mass is 10.0. The lowest BCUT2D eigenvalue weighted by Crippen LogP contribution is -2.16. The average Bonchev–Trinajstić information content (AvgIpc) is 2.77. The van der Waals surface area contributed by atoms with E-state index < -0.39 is 0 Å². The molecule has 0 unspecified atom stereocenters. The van der Waals surface area contributed by atoms with Crippen molar-refractivity contribution in [2.24, 2.45) is 5.92 Å². The topological polar surface area (TPSA) is 55.1 Å². The van der Waals surface area contributed by atoms with Crippen molar-refractivity contribution >= 4 is 17.3 Å². The Labute approximate surface area is 102 Å². The Kier molecular flexibility index (Phi) is 3.67. The lowest BCUT2D eigenvalue weighted by molar-refractivity contribution is -0.117. The summed E-state index contributed by atoms with van der Waals surface area (Å²) >= 11 is 0. The molecule has 1 amide bonds. The van der Waals surface area contributed by atoms with Gasteiger partial charge in [-0.2, -0.15) is 0 Å². The first-order valence-corrected chi connectivity index (χ1v) is 6.32. The molecule has 1 aliphatic rings. The van der Waals surface area contributed by atoms with E-state index in [1.165, 1.54) is 25.7 Å². The number of nitrogens with two attached hydrogens (primary N) is 1. The van der Waals surface area contributed by atoms with E-state index in [4.69, 9.17) is 5.73 Å². The van der Waals surface area contributed by atoms with Crippen LogP contribution in [0.25, 0.3) is 0 Å². The summed E-state index contributed by atoms with van der Waals surface area (Å²) in [5.41, 5.74) is 8.33. The molecule has 2 rings (SSSR count). The van der Waals surface area contributed by atoms with Crippen molar-refractivity contribution in [1.29, 1.82) is 0 Å². The van der Waals surface area contributed by atoms with E-state index in [1.54, 1.807) is 0 Å². The number of carbonyl (C=O) groups is 1. The van der Waals surface area contributed by atoms with Crippen LogP contribution < -0.4 is 11.1 Å². The Bertz CT molecular complexity index is 409. The van der Waals surface area contributed by atoms with Crippen LogP contribution in [0.15, 0.2) is 18.2 Å². The highest BCUT2D eigenvalue weighted by molar-refractivity contribution is 5.92. The van der Waals surface area contributed by atoms with Crippen molar-refractivity contribution < 1.29 is 4.79 Å². The highest BCUT2D eigenvalue weighted by atomic mass is 16.1. The van der Waals surface area contributed by atoms with Gasteiger partial charge in [-0.3, -0.25) is 4.79 Å². The molecule has 1 fully saturated rings. The molecule has 3 heteroatoms. The van der Waals surface area contributed by atoms with Crippen molar-refractivity contribution in [3.05, 3.63) is 23.8 Å². The van der Waals surface area contributed by atoms with Crippen LogP contribution in [0, 0.1) is 12.8 Å². The summed E-state index contributed by atoms with van der Waals surface area (Å²) in [7, 11) is 0. The number of hydrogen-bond donors (Lipinski definition) is 2. The minimum atomic E-state index is 0.116. The molecule has 1 aromatic carbocycles.